The summed E-state index contributed by atoms with van der Waals surface area (Å²) in [5.41, 5.74) is 2.42. The molecule has 4 aliphatic rings. The average molecular weight is 1660 g/mol. The fourth-order valence-electron chi connectivity index (χ4n) is 23.6. The van der Waals surface area contributed by atoms with Crippen molar-refractivity contribution in [2.24, 2.45) is 39.2 Å². The van der Waals surface area contributed by atoms with E-state index in [1.165, 1.54) is 502 Å². The van der Waals surface area contributed by atoms with Gasteiger partial charge in [0.1, 0.15) is 0 Å². The Morgan fingerprint density at radius 1 is 0.254 bits per heavy atom. The summed E-state index contributed by atoms with van der Waals surface area (Å²) < 4.78 is 0. The molecule has 4 N–H and O–H groups in total. The molecule has 4 saturated carbocycles. The van der Waals surface area contributed by atoms with E-state index in [9.17, 15) is 15.0 Å². The van der Waals surface area contributed by atoms with Crippen molar-refractivity contribution in [2.75, 3.05) is 58.9 Å². The highest BCUT2D eigenvalue weighted by molar-refractivity contribution is 5.90. The predicted octanol–water partition coefficient (Wildman–Crippen LogP) is 34.0. The van der Waals surface area contributed by atoms with Gasteiger partial charge in [0.2, 0.25) is 5.91 Å². The quantitative estimate of drug-likeness (QED) is 0.0514. The number of carboxylic acids is 2. The van der Waals surface area contributed by atoms with E-state index < -0.39 is 45.4 Å². The van der Waals surface area contributed by atoms with E-state index in [4.69, 9.17) is 5.73 Å². The highest BCUT2D eigenvalue weighted by Crippen LogP contribution is 2.82. The zero-order valence-electron chi connectivity index (χ0n) is 81.2. The third-order valence-corrected chi connectivity index (χ3v) is 30.7. The smallest absolute Gasteiger partial charge is 0.310 e. The Bertz CT molecular complexity index is 2090. The van der Waals surface area contributed by atoms with Crippen molar-refractivity contribution in [3.63, 3.8) is 0 Å². The second-order valence-corrected chi connectivity index (χ2v) is 40.7. The lowest BCUT2D eigenvalue weighted by Gasteiger charge is -2.75. The molecule has 0 aromatic carbocycles. The van der Waals surface area contributed by atoms with Crippen LogP contribution < -0.4 is 5.73 Å². The van der Waals surface area contributed by atoms with Gasteiger partial charge in [-0.3, -0.25) is 14.4 Å². The van der Waals surface area contributed by atoms with Gasteiger partial charge in [0, 0.05) is 5.41 Å². The standard InChI is InChI=1S/C109H212N4O5/c1-7-13-19-25-31-37-43-52-64-76-88-111(89-77-65-53-44-38-32-26-20-14-8-2)94-82-70-58-49-61-73-85-102-106(104(115)116)97-101-98-107(100-106,103(110)114)108(109(102,99-101)105(117)118,86-74-62-50-59-71-83-95-112(90-78-66-54-45-39-33-27-21-15-9-3)91-79-67-55-46-40-34-28-22-16-10-4)87-75-63-51-60-72-84-96-113(92-80-68-56-47-41-35-29-23-17-11-5)93-81-69-57-48-42-36-30-24-18-12-6/h101-102H,7-100H2,1-6H3,(H2,110,114)(H,115,116)(H,117,118). The summed E-state index contributed by atoms with van der Waals surface area (Å²) >= 11 is 0. The molecule has 9 nitrogen and oxygen atoms in total. The Hall–Kier alpha value is -1.71. The van der Waals surface area contributed by atoms with Crippen LogP contribution >= 0.6 is 0 Å². The van der Waals surface area contributed by atoms with E-state index in [1.54, 1.807) is 0 Å². The number of nitrogens with two attached hydrogens (primary N) is 1. The molecule has 4 aliphatic carbocycles. The van der Waals surface area contributed by atoms with Crippen molar-refractivity contribution in [3.05, 3.63) is 0 Å². The second-order valence-electron chi connectivity index (χ2n) is 40.7. The molecule has 0 heterocycles. The summed E-state index contributed by atoms with van der Waals surface area (Å²) in [6.45, 7) is 24.9. The fraction of sp³-hybridized carbons (Fsp3) is 0.972. The van der Waals surface area contributed by atoms with Crippen molar-refractivity contribution in [3.8, 4) is 0 Å². The maximum atomic E-state index is 15.2. The second kappa shape index (κ2) is 76.5. The number of hydrogen-bond acceptors (Lipinski definition) is 6. The fourth-order valence-corrected chi connectivity index (χ4v) is 23.6. The van der Waals surface area contributed by atoms with Gasteiger partial charge in [0.25, 0.3) is 0 Å². The minimum Gasteiger partial charge on any atom is -0.481 e. The number of amides is 1. The number of rotatable bonds is 96. The van der Waals surface area contributed by atoms with Gasteiger partial charge in [-0.25, -0.2) is 0 Å². The summed E-state index contributed by atoms with van der Waals surface area (Å²) in [5.74, 6) is -2.67. The number of primary amides is 1. The van der Waals surface area contributed by atoms with E-state index in [0.717, 1.165) is 57.8 Å². The topological polar surface area (TPSA) is 127 Å². The van der Waals surface area contributed by atoms with Crippen LogP contribution in [0.15, 0.2) is 0 Å². The van der Waals surface area contributed by atoms with Gasteiger partial charge in [0.15, 0.2) is 0 Å². The Balaban J connectivity index is 1.78. The number of carbonyl (C=O) groups excluding carboxylic acids is 1. The van der Waals surface area contributed by atoms with Gasteiger partial charge < -0.3 is 30.6 Å². The minimum absolute atomic E-state index is 0.114. The maximum absolute atomic E-state index is 15.2. The summed E-state index contributed by atoms with van der Waals surface area (Å²) in [7, 11) is 0. The highest BCUT2D eigenvalue weighted by atomic mass is 16.4. The van der Waals surface area contributed by atoms with Crippen LogP contribution in [-0.4, -0.2) is 102 Å². The first-order chi connectivity index (χ1) is 57.9. The van der Waals surface area contributed by atoms with Crippen LogP contribution in [0.25, 0.3) is 0 Å². The molecule has 0 aromatic heterocycles. The minimum atomic E-state index is -1.29. The predicted molar refractivity (Wildman–Crippen MR) is 517 cm³/mol. The Morgan fingerprint density at radius 2 is 0.449 bits per heavy atom. The van der Waals surface area contributed by atoms with Crippen LogP contribution in [0.1, 0.15) is 587 Å². The van der Waals surface area contributed by atoms with E-state index in [0.29, 0.717) is 38.5 Å². The monoisotopic (exact) mass is 1660 g/mol. The van der Waals surface area contributed by atoms with Crippen LogP contribution in [0.2, 0.25) is 0 Å². The molecule has 4 rings (SSSR count). The molecule has 4 bridgehead atoms. The average Bonchev–Trinajstić information content (AvgIpc) is 0.645. The van der Waals surface area contributed by atoms with Crippen molar-refractivity contribution < 1.29 is 24.6 Å². The largest absolute Gasteiger partial charge is 0.481 e. The van der Waals surface area contributed by atoms with Crippen molar-refractivity contribution in [2.45, 2.75) is 587 Å². The SMILES string of the molecule is CCCCCCCCCCCCN(CCCCCCCCCCCC)CCCCCCCCC1C2(C(=O)O)CC3CC(C(N)=O)(C2)C(CCCCCCCCN(CCCCCCCCCCCC)CCCCCCCCCCCC)(CCCCCCCCN(CCCCCCCCCCCC)CCCCCCCCCCCC)C1(C(=O)O)C3. The van der Waals surface area contributed by atoms with Crippen LogP contribution in [0, 0.1) is 33.5 Å². The first kappa shape index (κ1) is 110. The molecule has 5 atom stereocenters. The van der Waals surface area contributed by atoms with E-state index in [2.05, 4.69) is 56.2 Å². The molecule has 4 fully saturated rings. The molecule has 5 unspecified atom stereocenters. The zero-order valence-corrected chi connectivity index (χ0v) is 81.2. The number of hydrogen-bond donors (Lipinski definition) is 3. The number of aliphatic carboxylic acids is 2. The third kappa shape index (κ3) is 48.3. The summed E-state index contributed by atoms with van der Waals surface area (Å²) in [6, 6.07) is 0. The van der Waals surface area contributed by atoms with Gasteiger partial charge in [-0.2, -0.15) is 0 Å². The third-order valence-electron chi connectivity index (χ3n) is 30.7. The molecule has 1 amide bonds. The number of nitrogens with zero attached hydrogens (tertiary/aromatic N) is 3. The molecule has 0 aliphatic heterocycles. The lowest BCUT2D eigenvalue weighted by Crippen LogP contribution is -2.78. The van der Waals surface area contributed by atoms with Gasteiger partial charge >= 0.3 is 11.9 Å². The summed E-state index contributed by atoms with van der Waals surface area (Å²) in [5, 5.41) is 24.3. The number of carbonyl (C=O) groups is 3. The number of unbranched alkanes of at least 4 members (excludes halogenated alkanes) is 69. The van der Waals surface area contributed by atoms with Gasteiger partial charge in [-0.05, 0) is 173 Å². The Labute approximate surface area is 738 Å². The van der Waals surface area contributed by atoms with Crippen LogP contribution in [0.3, 0.4) is 0 Å². The lowest BCUT2D eigenvalue weighted by molar-refractivity contribution is -0.289. The van der Waals surface area contributed by atoms with Gasteiger partial charge in [-0.15, -0.1) is 0 Å². The van der Waals surface area contributed by atoms with E-state index >= 15 is 9.59 Å². The molecule has 0 aromatic rings. The maximum Gasteiger partial charge on any atom is 0.310 e. The molecular formula is C109H212N4O5. The molecule has 0 radical (unpaired) electrons. The van der Waals surface area contributed by atoms with Crippen LogP contribution in [-0.2, 0) is 14.4 Å². The van der Waals surface area contributed by atoms with E-state index in [-0.39, 0.29) is 12.3 Å². The molecule has 0 spiro atoms. The molecule has 118 heavy (non-hydrogen) atoms. The van der Waals surface area contributed by atoms with Gasteiger partial charge in [-0.1, -0.05) is 485 Å². The highest BCUT2D eigenvalue weighted by Gasteiger charge is 2.83. The normalized spacial score (nSPS) is 18.9. The first-order valence-electron chi connectivity index (χ1n) is 54.9. The number of carboxylic acid groups (broad SMARTS) is 2. The lowest BCUT2D eigenvalue weighted by atomic mass is 9.25. The molecule has 0 saturated heterocycles. The molecular weight excluding hydrogens is 1450 g/mol. The Kier molecular flexibility index (Phi) is 71.6. The summed E-state index contributed by atoms with van der Waals surface area (Å²) in [4.78, 5) is 53.1. The van der Waals surface area contributed by atoms with Crippen molar-refractivity contribution in [1.29, 1.82) is 0 Å². The van der Waals surface area contributed by atoms with Gasteiger partial charge in [0.05, 0.1) is 16.2 Å². The van der Waals surface area contributed by atoms with Crippen LogP contribution in [0.5, 0.6) is 0 Å². The first-order valence-corrected chi connectivity index (χ1v) is 54.9. The molecule has 9 heteroatoms. The Morgan fingerprint density at radius 3 is 0.644 bits per heavy atom. The molecule has 698 valence electrons. The van der Waals surface area contributed by atoms with Crippen LogP contribution in [0.4, 0.5) is 0 Å². The van der Waals surface area contributed by atoms with Crippen molar-refractivity contribution >= 4 is 17.8 Å². The zero-order chi connectivity index (χ0) is 85.1. The summed E-state index contributed by atoms with van der Waals surface area (Å²) in [6.07, 6.45) is 107. The van der Waals surface area contributed by atoms with Crippen molar-refractivity contribution in [1.82, 2.24) is 14.7 Å². The van der Waals surface area contributed by atoms with E-state index in [1.807, 2.05) is 0 Å².